The van der Waals surface area contributed by atoms with Crippen molar-refractivity contribution in [2.24, 2.45) is 0 Å². The molecule has 0 fully saturated rings. The maximum atomic E-state index is 12.6. The van der Waals surface area contributed by atoms with Crippen LogP contribution in [0.5, 0.6) is 0 Å². The Morgan fingerprint density at radius 1 is 1.15 bits per heavy atom. The SMILES string of the molecule is CC(=O)c1c(C)[nH]c(C(=O)[C@H](C)OC(=O)Cc2ccc(Cl)c(Cl)c2)c1C. The van der Waals surface area contributed by atoms with E-state index >= 15 is 0 Å². The lowest BCUT2D eigenvalue weighted by molar-refractivity contribution is -0.145. The van der Waals surface area contributed by atoms with Crippen molar-refractivity contribution in [2.45, 2.75) is 40.2 Å². The second-order valence-corrected chi connectivity index (χ2v) is 6.92. The molecule has 5 nitrogen and oxygen atoms in total. The van der Waals surface area contributed by atoms with Crippen LogP contribution in [0.25, 0.3) is 0 Å². The van der Waals surface area contributed by atoms with Gasteiger partial charge < -0.3 is 9.72 Å². The molecule has 2 aromatic rings. The molecule has 1 aromatic heterocycles. The van der Waals surface area contributed by atoms with Gasteiger partial charge in [0.25, 0.3) is 0 Å². The van der Waals surface area contributed by atoms with E-state index < -0.39 is 12.1 Å². The Morgan fingerprint density at radius 2 is 1.81 bits per heavy atom. The van der Waals surface area contributed by atoms with Gasteiger partial charge in [0.2, 0.25) is 5.78 Å². The molecular weight excluding hydrogens is 377 g/mol. The smallest absolute Gasteiger partial charge is 0.310 e. The fraction of sp³-hybridized carbons (Fsp3) is 0.316. The normalized spacial score (nSPS) is 11.9. The quantitative estimate of drug-likeness (QED) is 0.576. The summed E-state index contributed by atoms with van der Waals surface area (Å²) in [4.78, 5) is 39.3. The molecule has 0 aliphatic carbocycles. The van der Waals surface area contributed by atoms with Crippen LogP contribution in [0, 0.1) is 13.8 Å². The number of Topliss-reactive ketones (excluding diaryl/α,β-unsaturated/α-hetero) is 2. The minimum atomic E-state index is -0.984. The van der Waals surface area contributed by atoms with Crippen LogP contribution < -0.4 is 0 Å². The summed E-state index contributed by atoms with van der Waals surface area (Å²) in [5, 5.41) is 0.738. The van der Waals surface area contributed by atoms with Gasteiger partial charge in [-0.25, -0.2) is 0 Å². The molecule has 0 amide bonds. The Morgan fingerprint density at radius 3 is 2.35 bits per heavy atom. The number of ether oxygens (including phenoxy) is 1. The lowest BCUT2D eigenvalue weighted by Gasteiger charge is -2.12. The average molecular weight is 396 g/mol. The standard InChI is InChI=1S/C19H19Cl2NO4/c1-9-17(11(3)23)10(2)22-18(9)19(25)12(4)26-16(24)8-13-5-6-14(20)15(21)7-13/h5-7,12,22H,8H2,1-4H3/t12-/m0/s1. The summed E-state index contributed by atoms with van der Waals surface area (Å²) in [6.45, 7) is 6.36. The number of ketones is 2. The predicted molar refractivity (Wildman–Crippen MR) is 100 cm³/mol. The van der Waals surface area contributed by atoms with Gasteiger partial charge in [-0.2, -0.15) is 0 Å². The number of hydrogen-bond donors (Lipinski definition) is 1. The van der Waals surface area contributed by atoms with E-state index in [4.69, 9.17) is 27.9 Å². The van der Waals surface area contributed by atoms with E-state index in [1.807, 2.05) is 0 Å². The third-order valence-electron chi connectivity index (χ3n) is 4.05. The molecule has 1 aromatic carbocycles. The second-order valence-electron chi connectivity index (χ2n) is 6.10. The van der Waals surface area contributed by atoms with Gasteiger partial charge >= 0.3 is 5.97 Å². The highest BCUT2D eigenvalue weighted by Gasteiger charge is 2.26. The number of aromatic nitrogens is 1. The number of aryl methyl sites for hydroxylation is 1. The van der Waals surface area contributed by atoms with Crippen LogP contribution in [-0.2, 0) is 16.0 Å². The fourth-order valence-corrected chi connectivity index (χ4v) is 3.16. The van der Waals surface area contributed by atoms with Crippen molar-refractivity contribution in [2.75, 3.05) is 0 Å². The van der Waals surface area contributed by atoms with E-state index in [0.717, 1.165) is 0 Å². The fourth-order valence-electron chi connectivity index (χ4n) is 2.84. The maximum Gasteiger partial charge on any atom is 0.310 e. The molecule has 2 rings (SSSR count). The number of esters is 1. The first-order valence-electron chi connectivity index (χ1n) is 7.99. The molecule has 0 saturated carbocycles. The molecular formula is C19H19Cl2NO4. The topological polar surface area (TPSA) is 76.2 Å². The summed E-state index contributed by atoms with van der Waals surface area (Å²) in [6, 6.07) is 4.84. The van der Waals surface area contributed by atoms with E-state index in [1.54, 1.807) is 32.0 Å². The van der Waals surface area contributed by atoms with Gasteiger partial charge in [-0.3, -0.25) is 14.4 Å². The molecule has 138 valence electrons. The van der Waals surface area contributed by atoms with E-state index in [0.29, 0.717) is 32.4 Å². The Balaban J connectivity index is 2.09. The third-order valence-corrected chi connectivity index (χ3v) is 4.78. The first-order chi connectivity index (χ1) is 12.1. The summed E-state index contributed by atoms with van der Waals surface area (Å²) in [6.07, 6.45) is -1.02. The van der Waals surface area contributed by atoms with Crippen molar-refractivity contribution in [1.29, 1.82) is 0 Å². The van der Waals surface area contributed by atoms with E-state index in [-0.39, 0.29) is 23.7 Å². The molecule has 26 heavy (non-hydrogen) atoms. The molecule has 7 heteroatoms. The van der Waals surface area contributed by atoms with Gasteiger partial charge in [0, 0.05) is 11.3 Å². The van der Waals surface area contributed by atoms with Crippen molar-refractivity contribution < 1.29 is 19.1 Å². The highest BCUT2D eigenvalue weighted by atomic mass is 35.5. The van der Waals surface area contributed by atoms with Crippen LogP contribution in [0.3, 0.4) is 0 Å². The Bertz CT molecular complexity index is 886. The maximum absolute atomic E-state index is 12.6. The predicted octanol–water partition coefficient (Wildman–Crippen LogP) is 4.50. The molecule has 1 atom stereocenters. The van der Waals surface area contributed by atoms with Crippen molar-refractivity contribution in [3.05, 3.63) is 56.3 Å². The number of carbonyl (C=O) groups excluding carboxylic acids is 3. The van der Waals surface area contributed by atoms with E-state index in [9.17, 15) is 14.4 Å². The largest absolute Gasteiger partial charge is 0.454 e. The van der Waals surface area contributed by atoms with Gasteiger partial charge in [-0.15, -0.1) is 0 Å². The molecule has 1 N–H and O–H groups in total. The van der Waals surface area contributed by atoms with Gasteiger partial charge in [0.15, 0.2) is 11.9 Å². The minimum absolute atomic E-state index is 0.0318. The monoisotopic (exact) mass is 395 g/mol. The summed E-state index contributed by atoms with van der Waals surface area (Å²) < 4.78 is 5.24. The zero-order chi connectivity index (χ0) is 19.6. The van der Waals surface area contributed by atoms with Crippen molar-refractivity contribution in [3.63, 3.8) is 0 Å². The number of hydrogen-bond acceptors (Lipinski definition) is 4. The molecule has 0 saturated heterocycles. The zero-order valence-corrected chi connectivity index (χ0v) is 16.4. The van der Waals surface area contributed by atoms with Gasteiger partial charge in [0.1, 0.15) is 0 Å². The number of rotatable bonds is 6. The summed E-state index contributed by atoms with van der Waals surface area (Å²) in [7, 11) is 0. The Hall–Kier alpha value is -2.11. The molecule has 0 unspecified atom stereocenters. The lowest BCUT2D eigenvalue weighted by Crippen LogP contribution is -2.26. The van der Waals surface area contributed by atoms with Crippen LogP contribution in [0.4, 0.5) is 0 Å². The Labute approximate surface area is 161 Å². The van der Waals surface area contributed by atoms with Crippen LogP contribution >= 0.6 is 23.2 Å². The number of benzene rings is 1. The zero-order valence-electron chi connectivity index (χ0n) is 14.9. The van der Waals surface area contributed by atoms with E-state index in [1.165, 1.54) is 13.8 Å². The number of nitrogens with one attached hydrogen (secondary N) is 1. The van der Waals surface area contributed by atoms with Gasteiger partial charge in [-0.05, 0) is 51.0 Å². The second kappa shape index (κ2) is 8.06. The summed E-state index contributed by atoms with van der Waals surface area (Å²) in [5.74, 6) is -1.07. The number of halogens is 2. The van der Waals surface area contributed by atoms with Crippen molar-refractivity contribution in [1.82, 2.24) is 4.98 Å². The summed E-state index contributed by atoms with van der Waals surface area (Å²) >= 11 is 11.8. The highest BCUT2D eigenvalue weighted by molar-refractivity contribution is 6.42. The molecule has 0 aliphatic rings. The van der Waals surface area contributed by atoms with Crippen LogP contribution in [0.15, 0.2) is 18.2 Å². The molecule has 1 heterocycles. The summed E-state index contributed by atoms with van der Waals surface area (Å²) in [5.41, 5.74) is 2.58. The highest BCUT2D eigenvalue weighted by Crippen LogP contribution is 2.23. The minimum Gasteiger partial charge on any atom is -0.454 e. The average Bonchev–Trinajstić information content (AvgIpc) is 2.84. The number of aromatic amines is 1. The Kier molecular flexibility index (Phi) is 6.26. The molecule has 0 aliphatic heterocycles. The number of H-pyrrole nitrogens is 1. The van der Waals surface area contributed by atoms with Gasteiger partial charge in [-0.1, -0.05) is 29.3 Å². The third kappa shape index (κ3) is 4.34. The molecule has 0 spiro atoms. The molecule has 0 radical (unpaired) electrons. The molecule has 0 bridgehead atoms. The first kappa shape index (κ1) is 20.2. The first-order valence-corrected chi connectivity index (χ1v) is 8.75. The lowest BCUT2D eigenvalue weighted by atomic mass is 10.0. The van der Waals surface area contributed by atoms with Crippen LogP contribution in [0.2, 0.25) is 10.0 Å². The van der Waals surface area contributed by atoms with Gasteiger partial charge in [0.05, 0.1) is 22.2 Å². The van der Waals surface area contributed by atoms with Crippen LogP contribution in [0.1, 0.15) is 51.5 Å². The van der Waals surface area contributed by atoms with Crippen molar-refractivity contribution >= 4 is 40.7 Å². The van der Waals surface area contributed by atoms with E-state index in [2.05, 4.69) is 4.98 Å². The van der Waals surface area contributed by atoms with Crippen LogP contribution in [-0.4, -0.2) is 28.6 Å². The number of carbonyl (C=O) groups is 3. The van der Waals surface area contributed by atoms with Crippen molar-refractivity contribution in [3.8, 4) is 0 Å².